The third-order valence-corrected chi connectivity index (χ3v) is 5.77. The van der Waals surface area contributed by atoms with Gasteiger partial charge in [0.05, 0.1) is 31.4 Å². The van der Waals surface area contributed by atoms with Crippen LogP contribution in [0.2, 0.25) is 0 Å². The standard InChI is InChI=1S/C19H26N4O6S/c1-4-27-16(24)14-11(3)15(17(25)28-5-2)20-13(14)10-30-19-22-21-18(26)23(19)9-12-7-6-8-29-12/h12,20H,4-10H2,1-3H3,(H,21,26)/t12-/m1/s1. The van der Waals surface area contributed by atoms with Gasteiger partial charge in [0.2, 0.25) is 0 Å². The van der Waals surface area contributed by atoms with Gasteiger partial charge in [0.15, 0.2) is 5.16 Å². The minimum Gasteiger partial charge on any atom is -0.462 e. The molecule has 2 N–H and O–H groups in total. The van der Waals surface area contributed by atoms with E-state index in [-0.39, 0.29) is 36.5 Å². The number of nitrogens with zero attached hydrogens (tertiary/aromatic N) is 2. The number of hydrogen-bond acceptors (Lipinski definition) is 8. The zero-order valence-corrected chi connectivity index (χ0v) is 18.1. The number of aromatic amines is 2. The molecule has 1 atom stereocenters. The number of carbonyl (C=O) groups excluding carboxylic acids is 2. The molecule has 1 saturated heterocycles. The van der Waals surface area contributed by atoms with Crippen LogP contribution in [-0.4, -0.2) is 57.6 Å². The molecule has 0 spiro atoms. The van der Waals surface area contributed by atoms with E-state index in [0.717, 1.165) is 12.8 Å². The Morgan fingerprint density at radius 3 is 2.67 bits per heavy atom. The molecule has 11 heteroatoms. The van der Waals surface area contributed by atoms with Crippen molar-refractivity contribution < 1.29 is 23.8 Å². The summed E-state index contributed by atoms with van der Waals surface area (Å²) in [5.74, 6) is -0.771. The van der Waals surface area contributed by atoms with Crippen LogP contribution in [0, 0.1) is 6.92 Å². The summed E-state index contributed by atoms with van der Waals surface area (Å²) in [5, 5.41) is 7.03. The summed E-state index contributed by atoms with van der Waals surface area (Å²) in [6, 6.07) is 0. The molecule has 0 bridgehead atoms. The van der Waals surface area contributed by atoms with Crippen molar-refractivity contribution in [2.75, 3.05) is 19.8 Å². The Morgan fingerprint density at radius 1 is 1.27 bits per heavy atom. The molecule has 3 rings (SSSR count). The molecule has 0 aromatic carbocycles. The third kappa shape index (κ3) is 4.78. The fourth-order valence-electron chi connectivity index (χ4n) is 3.36. The lowest BCUT2D eigenvalue weighted by Gasteiger charge is -2.11. The topological polar surface area (TPSA) is 128 Å². The molecule has 2 aromatic rings. The third-order valence-electron chi connectivity index (χ3n) is 4.77. The normalized spacial score (nSPS) is 16.0. The van der Waals surface area contributed by atoms with Crippen LogP contribution in [-0.2, 0) is 26.5 Å². The lowest BCUT2D eigenvalue weighted by molar-refractivity contribution is 0.0518. The highest BCUT2D eigenvalue weighted by atomic mass is 32.2. The predicted octanol–water partition coefficient (Wildman–Crippen LogP) is 2.03. The summed E-state index contributed by atoms with van der Waals surface area (Å²) in [6.07, 6.45) is 1.85. The minimum absolute atomic E-state index is 0.0158. The fourth-order valence-corrected chi connectivity index (χ4v) is 4.27. The van der Waals surface area contributed by atoms with Gasteiger partial charge in [0, 0.05) is 18.1 Å². The summed E-state index contributed by atoms with van der Waals surface area (Å²) in [5.41, 5.74) is 1.19. The maximum Gasteiger partial charge on any atom is 0.355 e. The molecule has 0 saturated carbocycles. The van der Waals surface area contributed by atoms with Gasteiger partial charge in [-0.1, -0.05) is 11.8 Å². The summed E-state index contributed by atoms with van der Waals surface area (Å²) in [7, 11) is 0. The molecule has 0 unspecified atom stereocenters. The van der Waals surface area contributed by atoms with Crippen molar-refractivity contribution in [1.82, 2.24) is 19.7 Å². The van der Waals surface area contributed by atoms with Gasteiger partial charge >= 0.3 is 17.6 Å². The van der Waals surface area contributed by atoms with E-state index in [4.69, 9.17) is 14.2 Å². The van der Waals surface area contributed by atoms with E-state index < -0.39 is 11.9 Å². The Bertz CT molecular complexity index is 957. The van der Waals surface area contributed by atoms with Crippen LogP contribution in [0.25, 0.3) is 0 Å². The van der Waals surface area contributed by atoms with Crippen LogP contribution in [0.5, 0.6) is 0 Å². The highest BCUT2D eigenvalue weighted by molar-refractivity contribution is 7.98. The molecule has 0 radical (unpaired) electrons. The number of aromatic nitrogens is 4. The van der Waals surface area contributed by atoms with Crippen LogP contribution < -0.4 is 5.69 Å². The van der Waals surface area contributed by atoms with E-state index >= 15 is 0 Å². The van der Waals surface area contributed by atoms with E-state index in [1.54, 1.807) is 20.8 Å². The van der Waals surface area contributed by atoms with E-state index in [1.165, 1.54) is 16.3 Å². The molecule has 2 aromatic heterocycles. The van der Waals surface area contributed by atoms with Crippen LogP contribution in [0.3, 0.4) is 0 Å². The van der Waals surface area contributed by atoms with Crippen LogP contribution in [0.1, 0.15) is 58.8 Å². The number of esters is 2. The lowest BCUT2D eigenvalue weighted by atomic mass is 10.1. The first-order valence-electron chi connectivity index (χ1n) is 9.91. The minimum atomic E-state index is -0.535. The average molecular weight is 439 g/mol. The summed E-state index contributed by atoms with van der Waals surface area (Å²) in [6.45, 7) is 6.65. The second-order valence-corrected chi connectivity index (χ2v) is 7.71. The highest BCUT2D eigenvalue weighted by Crippen LogP contribution is 2.27. The van der Waals surface area contributed by atoms with E-state index in [9.17, 15) is 14.4 Å². The second kappa shape index (κ2) is 9.98. The van der Waals surface area contributed by atoms with Gasteiger partial charge in [-0.05, 0) is 39.2 Å². The van der Waals surface area contributed by atoms with Crippen LogP contribution >= 0.6 is 11.8 Å². The van der Waals surface area contributed by atoms with Gasteiger partial charge in [0.25, 0.3) is 0 Å². The van der Waals surface area contributed by atoms with Crippen molar-refractivity contribution in [1.29, 1.82) is 0 Å². The molecule has 30 heavy (non-hydrogen) atoms. The SMILES string of the molecule is CCOC(=O)c1[nH]c(CSc2n[nH]c(=O)n2C[C@H]2CCCO2)c(C(=O)OCC)c1C. The Morgan fingerprint density at radius 2 is 2.00 bits per heavy atom. The summed E-state index contributed by atoms with van der Waals surface area (Å²) >= 11 is 1.28. The van der Waals surface area contributed by atoms with E-state index in [0.29, 0.717) is 35.1 Å². The maximum atomic E-state index is 12.5. The first-order valence-corrected chi connectivity index (χ1v) is 10.9. The summed E-state index contributed by atoms with van der Waals surface area (Å²) < 4.78 is 17.4. The second-order valence-electron chi connectivity index (χ2n) is 6.77. The monoisotopic (exact) mass is 438 g/mol. The fraction of sp³-hybridized carbons (Fsp3) is 0.579. The smallest absolute Gasteiger partial charge is 0.355 e. The van der Waals surface area contributed by atoms with Crippen molar-refractivity contribution in [3.05, 3.63) is 33.0 Å². The van der Waals surface area contributed by atoms with E-state index in [1.807, 2.05) is 0 Å². The first kappa shape index (κ1) is 22.2. The number of rotatable bonds is 9. The van der Waals surface area contributed by atoms with Crippen molar-refractivity contribution in [2.45, 2.75) is 57.2 Å². The molecule has 1 aliphatic heterocycles. The number of nitrogens with one attached hydrogen (secondary N) is 2. The van der Waals surface area contributed by atoms with Crippen LogP contribution in [0.15, 0.2) is 9.95 Å². The molecule has 3 heterocycles. The van der Waals surface area contributed by atoms with Crippen molar-refractivity contribution in [3.63, 3.8) is 0 Å². The molecular weight excluding hydrogens is 412 g/mol. The Labute approximate surface area is 177 Å². The molecule has 0 amide bonds. The van der Waals surface area contributed by atoms with Gasteiger partial charge in [0.1, 0.15) is 5.69 Å². The molecule has 10 nitrogen and oxygen atoms in total. The zero-order valence-electron chi connectivity index (χ0n) is 17.3. The van der Waals surface area contributed by atoms with Gasteiger partial charge in [-0.25, -0.2) is 19.5 Å². The lowest BCUT2D eigenvalue weighted by Crippen LogP contribution is -2.25. The quantitative estimate of drug-likeness (QED) is 0.450. The molecule has 1 fully saturated rings. The van der Waals surface area contributed by atoms with Gasteiger partial charge < -0.3 is 19.2 Å². The number of carbonyl (C=O) groups is 2. The van der Waals surface area contributed by atoms with Gasteiger partial charge in [-0.15, -0.1) is 5.10 Å². The largest absolute Gasteiger partial charge is 0.462 e. The predicted molar refractivity (Wildman–Crippen MR) is 109 cm³/mol. The Balaban J connectivity index is 1.84. The van der Waals surface area contributed by atoms with Crippen molar-refractivity contribution in [3.8, 4) is 0 Å². The van der Waals surface area contributed by atoms with Crippen LogP contribution in [0.4, 0.5) is 0 Å². The molecular formula is C19H26N4O6S. The number of H-pyrrole nitrogens is 2. The average Bonchev–Trinajstić information content (AvgIpc) is 3.42. The first-order chi connectivity index (χ1) is 14.5. The number of thioether (sulfide) groups is 1. The van der Waals surface area contributed by atoms with Crippen molar-refractivity contribution in [2.24, 2.45) is 0 Å². The van der Waals surface area contributed by atoms with Gasteiger partial charge in [-0.3, -0.25) is 4.57 Å². The van der Waals surface area contributed by atoms with Crippen molar-refractivity contribution >= 4 is 23.7 Å². The highest BCUT2D eigenvalue weighted by Gasteiger charge is 2.26. The maximum absolute atomic E-state index is 12.5. The zero-order chi connectivity index (χ0) is 21.7. The summed E-state index contributed by atoms with van der Waals surface area (Å²) in [4.78, 5) is 39.9. The number of ether oxygens (including phenoxy) is 3. The molecule has 164 valence electrons. The van der Waals surface area contributed by atoms with E-state index in [2.05, 4.69) is 15.2 Å². The molecule has 1 aliphatic rings. The molecule has 0 aliphatic carbocycles. The Kier molecular flexibility index (Phi) is 7.38. The van der Waals surface area contributed by atoms with Gasteiger partial charge in [-0.2, -0.15) is 0 Å². The number of hydrogen-bond donors (Lipinski definition) is 2. The Hall–Kier alpha value is -2.53.